The van der Waals surface area contributed by atoms with Crippen molar-refractivity contribution >= 4 is 11.6 Å². The Morgan fingerprint density at radius 3 is 2.41 bits per heavy atom. The standard InChI is InChI=1S/C25H31N5O2/c1-20-7-8-23-26-25(21-5-3-2-4-6-21)22(30(23)17-20)18-27-9-11-28(12-10-27)19-24(31)29-13-15-32-16-14-29/h2-8,17H,9-16,18-19H2,1H3. The van der Waals surface area contributed by atoms with Gasteiger partial charge in [-0.1, -0.05) is 36.4 Å². The lowest BCUT2D eigenvalue weighted by molar-refractivity contribution is -0.136. The number of ether oxygens (including phenoxy) is 1. The van der Waals surface area contributed by atoms with Crippen LogP contribution in [0.5, 0.6) is 0 Å². The molecule has 0 aliphatic carbocycles. The van der Waals surface area contributed by atoms with E-state index in [0.717, 1.165) is 62.7 Å². The molecule has 5 rings (SSSR count). The lowest BCUT2D eigenvalue weighted by atomic mass is 10.1. The van der Waals surface area contributed by atoms with Crippen molar-refractivity contribution in [2.45, 2.75) is 13.5 Å². The minimum Gasteiger partial charge on any atom is -0.378 e. The first-order valence-corrected chi connectivity index (χ1v) is 11.5. The number of morpholine rings is 1. The maximum Gasteiger partial charge on any atom is 0.236 e. The van der Waals surface area contributed by atoms with Gasteiger partial charge in [-0.2, -0.15) is 0 Å². The predicted molar refractivity (Wildman–Crippen MR) is 124 cm³/mol. The van der Waals surface area contributed by atoms with Crippen LogP contribution in [0.25, 0.3) is 16.9 Å². The van der Waals surface area contributed by atoms with Crippen LogP contribution in [0.4, 0.5) is 0 Å². The van der Waals surface area contributed by atoms with Crippen LogP contribution in [-0.4, -0.2) is 89.0 Å². The molecule has 2 aliphatic heterocycles. The lowest BCUT2D eigenvalue weighted by Gasteiger charge is -2.36. The predicted octanol–water partition coefficient (Wildman–Crippen LogP) is 2.29. The van der Waals surface area contributed by atoms with Crippen LogP contribution >= 0.6 is 0 Å². The van der Waals surface area contributed by atoms with Crippen LogP contribution in [0.1, 0.15) is 11.3 Å². The number of fused-ring (bicyclic) bond motifs is 1. The molecule has 0 saturated carbocycles. The van der Waals surface area contributed by atoms with Crippen molar-refractivity contribution < 1.29 is 9.53 Å². The van der Waals surface area contributed by atoms with Crippen LogP contribution < -0.4 is 0 Å². The van der Waals surface area contributed by atoms with Gasteiger partial charge in [0.05, 0.1) is 31.1 Å². The second-order valence-corrected chi connectivity index (χ2v) is 8.75. The second kappa shape index (κ2) is 9.40. The van der Waals surface area contributed by atoms with Gasteiger partial charge in [0.1, 0.15) is 5.65 Å². The number of benzene rings is 1. The average molecular weight is 434 g/mol. The number of amides is 1. The van der Waals surface area contributed by atoms with Gasteiger partial charge in [0.15, 0.2) is 0 Å². The zero-order valence-corrected chi connectivity index (χ0v) is 18.7. The molecule has 1 aromatic carbocycles. The third kappa shape index (κ3) is 4.55. The highest BCUT2D eigenvalue weighted by atomic mass is 16.5. The third-order valence-electron chi connectivity index (χ3n) is 6.47. The Labute approximate surface area is 189 Å². The molecule has 2 fully saturated rings. The smallest absolute Gasteiger partial charge is 0.236 e. The minimum atomic E-state index is 0.227. The Bertz CT molecular complexity index is 1070. The highest BCUT2D eigenvalue weighted by molar-refractivity contribution is 5.78. The summed E-state index contributed by atoms with van der Waals surface area (Å²) < 4.78 is 7.60. The second-order valence-electron chi connectivity index (χ2n) is 8.75. The van der Waals surface area contributed by atoms with Gasteiger partial charge in [0.2, 0.25) is 5.91 Å². The first-order valence-electron chi connectivity index (χ1n) is 11.5. The molecule has 7 heteroatoms. The van der Waals surface area contributed by atoms with Gasteiger partial charge in [0.25, 0.3) is 0 Å². The quantitative estimate of drug-likeness (QED) is 0.618. The van der Waals surface area contributed by atoms with E-state index in [1.165, 1.54) is 11.3 Å². The third-order valence-corrected chi connectivity index (χ3v) is 6.47. The largest absolute Gasteiger partial charge is 0.378 e. The number of hydrogen-bond acceptors (Lipinski definition) is 5. The first kappa shape index (κ1) is 21.1. The lowest BCUT2D eigenvalue weighted by Crippen LogP contribution is -2.51. The summed E-state index contributed by atoms with van der Waals surface area (Å²) in [6.45, 7) is 9.94. The molecule has 0 radical (unpaired) electrons. The molecular weight excluding hydrogens is 402 g/mol. The van der Waals surface area contributed by atoms with E-state index >= 15 is 0 Å². The van der Waals surface area contributed by atoms with Crippen LogP contribution in [0.2, 0.25) is 0 Å². The number of carbonyl (C=O) groups is 1. The molecule has 4 heterocycles. The Balaban J connectivity index is 1.28. The van der Waals surface area contributed by atoms with Crippen molar-refractivity contribution in [3.05, 3.63) is 59.9 Å². The van der Waals surface area contributed by atoms with Crippen molar-refractivity contribution in [2.24, 2.45) is 0 Å². The van der Waals surface area contributed by atoms with Crippen LogP contribution in [-0.2, 0) is 16.1 Å². The normalized spacial score (nSPS) is 18.3. The minimum absolute atomic E-state index is 0.227. The number of carbonyl (C=O) groups excluding carboxylic acids is 1. The number of nitrogens with zero attached hydrogens (tertiary/aromatic N) is 5. The van der Waals surface area contributed by atoms with E-state index in [1.54, 1.807) is 0 Å². The zero-order chi connectivity index (χ0) is 21.9. The molecule has 3 aromatic rings. The Hall–Kier alpha value is -2.74. The van der Waals surface area contributed by atoms with Crippen molar-refractivity contribution in [3.8, 4) is 11.3 Å². The first-order chi connectivity index (χ1) is 15.7. The van der Waals surface area contributed by atoms with Crippen LogP contribution in [0.3, 0.4) is 0 Å². The summed E-state index contributed by atoms with van der Waals surface area (Å²) in [5.41, 5.74) is 5.65. The van der Waals surface area contributed by atoms with E-state index in [0.29, 0.717) is 19.8 Å². The van der Waals surface area contributed by atoms with Gasteiger partial charge in [-0.25, -0.2) is 4.98 Å². The molecule has 0 bridgehead atoms. The van der Waals surface area contributed by atoms with Crippen LogP contribution in [0.15, 0.2) is 48.7 Å². The van der Waals surface area contributed by atoms with Gasteiger partial charge in [-0.15, -0.1) is 0 Å². The summed E-state index contributed by atoms with van der Waals surface area (Å²) in [6, 6.07) is 14.7. The molecular formula is C25H31N5O2. The number of piperazine rings is 1. The number of imidazole rings is 1. The summed E-state index contributed by atoms with van der Waals surface area (Å²) in [7, 11) is 0. The molecule has 2 aromatic heterocycles. The van der Waals surface area contributed by atoms with Gasteiger partial charge in [-0.3, -0.25) is 14.6 Å². The van der Waals surface area contributed by atoms with Gasteiger partial charge < -0.3 is 14.0 Å². The number of rotatable bonds is 5. The molecule has 0 atom stereocenters. The fourth-order valence-corrected chi connectivity index (χ4v) is 4.60. The molecule has 7 nitrogen and oxygen atoms in total. The van der Waals surface area contributed by atoms with E-state index < -0.39 is 0 Å². The fraction of sp³-hybridized carbons (Fsp3) is 0.440. The molecule has 0 unspecified atom stereocenters. The fourth-order valence-electron chi connectivity index (χ4n) is 4.60. The van der Waals surface area contributed by atoms with Crippen molar-refractivity contribution in [3.63, 3.8) is 0 Å². The number of pyridine rings is 1. The summed E-state index contributed by atoms with van der Waals surface area (Å²) in [6.07, 6.45) is 2.18. The van der Waals surface area contributed by atoms with E-state index in [4.69, 9.17) is 9.72 Å². The molecule has 0 spiro atoms. The summed E-state index contributed by atoms with van der Waals surface area (Å²) in [4.78, 5) is 24.2. The maximum atomic E-state index is 12.6. The number of hydrogen-bond donors (Lipinski definition) is 0. The number of aryl methyl sites for hydroxylation is 1. The van der Waals surface area contributed by atoms with Crippen molar-refractivity contribution in [1.29, 1.82) is 0 Å². The molecule has 168 valence electrons. The van der Waals surface area contributed by atoms with Crippen LogP contribution in [0, 0.1) is 6.92 Å². The van der Waals surface area contributed by atoms with E-state index in [1.807, 2.05) is 11.0 Å². The SMILES string of the molecule is Cc1ccc2nc(-c3ccccc3)c(CN3CCN(CC(=O)N4CCOCC4)CC3)n2c1. The summed E-state index contributed by atoms with van der Waals surface area (Å²) in [5.74, 6) is 0.227. The van der Waals surface area contributed by atoms with Gasteiger partial charge in [-0.05, 0) is 18.6 Å². The molecule has 32 heavy (non-hydrogen) atoms. The van der Waals surface area contributed by atoms with Crippen molar-refractivity contribution in [1.82, 2.24) is 24.1 Å². The topological polar surface area (TPSA) is 53.3 Å². The Morgan fingerprint density at radius 2 is 1.66 bits per heavy atom. The van der Waals surface area contributed by atoms with Gasteiger partial charge >= 0.3 is 0 Å². The Morgan fingerprint density at radius 1 is 0.938 bits per heavy atom. The molecule has 0 N–H and O–H groups in total. The number of aromatic nitrogens is 2. The van der Waals surface area contributed by atoms with E-state index in [9.17, 15) is 4.79 Å². The molecule has 1 amide bonds. The highest BCUT2D eigenvalue weighted by Gasteiger charge is 2.24. The van der Waals surface area contributed by atoms with Gasteiger partial charge in [0, 0.05) is 57.6 Å². The molecule has 2 aliphatic rings. The summed E-state index contributed by atoms with van der Waals surface area (Å²) in [5, 5.41) is 0. The van der Waals surface area contributed by atoms with E-state index in [2.05, 4.69) is 63.7 Å². The Kier molecular flexibility index (Phi) is 6.21. The highest BCUT2D eigenvalue weighted by Crippen LogP contribution is 2.26. The monoisotopic (exact) mass is 433 g/mol. The zero-order valence-electron chi connectivity index (χ0n) is 18.7. The van der Waals surface area contributed by atoms with E-state index in [-0.39, 0.29) is 5.91 Å². The average Bonchev–Trinajstić information content (AvgIpc) is 3.19. The summed E-state index contributed by atoms with van der Waals surface area (Å²) >= 11 is 0. The van der Waals surface area contributed by atoms with Crippen molar-refractivity contribution in [2.75, 3.05) is 59.0 Å². The molecule has 2 saturated heterocycles. The maximum absolute atomic E-state index is 12.6.